The van der Waals surface area contributed by atoms with Gasteiger partial charge in [0.05, 0.1) is 0 Å². The molecule has 1 aromatic heterocycles. The van der Waals surface area contributed by atoms with Crippen LogP contribution in [0.15, 0.2) is 18.3 Å². The molecule has 4 amide bonds. The third kappa shape index (κ3) is 2.91. The van der Waals surface area contributed by atoms with Crippen LogP contribution < -0.4 is 10.6 Å². The lowest BCUT2D eigenvalue weighted by Crippen LogP contribution is -2.44. The van der Waals surface area contributed by atoms with E-state index in [4.69, 9.17) is 0 Å². The Kier molecular flexibility index (Phi) is 4.02. The predicted octanol–water partition coefficient (Wildman–Crippen LogP) is 1.58. The Bertz CT molecular complexity index is 652. The zero-order valence-electron chi connectivity index (χ0n) is 13.1. The number of aromatic nitrogens is 1. The summed E-state index contributed by atoms with van der Waals surface area (Å²) in [6, 6.07) is 3.25. The fraction of sp³-hybridized carbons (Fsp3) is 0.500. The minimum atomic E-state index is -0.717. The number of rotatable bonds is 4. The van der Waals surface area contributed by atoms with Crippen molar-refractivity contribution in [2.24, 2.45) is 0 Å². The number of anilines is 1. The summed E-state index contributed by atoms with van der Waals surface area (Å²) in [5.41, 5.74) is 0.145. The van der Waals surface area contributed by atoms with Crippen LogP contribution in [0.1, 0.15) is 37.7 Å². The molecule has 7 heteroatoms. The first-order valence-corrected chi connectivity index (χ1v) is 7.87. The zero-order chi connectivity index (χ0) is 16.4. The van der Waals surface area contributed by atoms with E-state index in [1.165, 1.54) is 0 Å². The Morgan fingerprint density at radius 1 is 1.39 bits per heavy atom. The summed E-state index contributed by atoms with van der Waals surface area (Å²) in [5.74, 6) is 0.0450. The summed E-state index contributed by atoms with van der Waals surface area (Å²) in [5, 5.41) is 5.51. The molecule has 1 saturated heterocycles. The summed E-state index contributed by atoms with van der Waals surface area (Å²) >= 11 is 0. The number of carbonyl (C=O) groups excluding carboxylic acids is 3. The van der Waals surface area contributed by atoms with Crippen LogP contribution in [0, 0.1) is 6.92 Å². The summed E-state index contributed by atoms with van der Waals surface area (Å²) in [7, 11) is 0. The van der Waals surface area contributed by atoms with Gasteiger partial charge in [0.15, 0.2) is 0 Å². The zero-order valence-corrected chi connectivity index (χ0v) is 13.1. The first kappa shape index (κ1) is 15.5. The molecule has 2 N–H and O–H groups in total. The Morgan fingerprint density at radius 3 is 2.83 bits per heavy atom. The second-order valence-corrected chi connectivity index (χ2v) is 6.14. The van der Waals surface area contributed by atoms with Gasteiger partial charge in [-0.2, -0.15) is 0 Å². The minimum Gasteiger partial charge on any atom is -0.323 e. The van der Waals surface area contributed by atoms with Crippen LogP contribution in [0.2, 0.25) is 0 Å². The van der Waals surface area contributed by atoms with Crippen molar-refractivity contribution >= 4 is 23.7 Å². The SMILES string of the molecule is Cc1cccnc1NC(=O)CCN1C(=O)NC2(CCCC2)C1=O. The van der Waals surface area contributed by atoms with Gasteiger partial charge in [-0.25, -0.2) is 9.78 Å². The lowest BCUT2D eigenvalue weighted by molar-refractivity contribution is -0.131. The molecule has 1 aliphatic carbocycles. The first-order valence-electron chi connectivity index (χ1n) is 7.87. The fourth-order valence-electron chi connectivity index (χ4n) is 3.22. The van der Waals surface area contributed by atoms with Gasteiger partial charge < -0.3 is 10.6 Å². The summed E-state index contributed by atoms with van der Waals surface area (Å²) in [6.07, 6.45) is 4.93. The summed E-state index contributed by atoms with van der Waals surface area (Å²) in [4.78, 5) is 41.8. The van der Waals surface area contributed by atoms with Crippen molar-refractivity contribution in [3.8, 4) is 0 Å². The molecule has 1 aliphatic heterocycles. The van der Waals surface area contributed by atoms with E-state index in [0.717, 1.165) is 23.3 Å². The van der Waals surface area contributed by atoms with E-state index < -0.39 is 11.6 Å². The molecule has 1 spiro atoms. The molecule has 0 atom stereocenters. The topological polar surface area (TPSA) is 91.4 Å². The molecule has 0 aromatic carbocycles. The van der Waals surface area contributed by atoms with Gasteiger partial charge in [-0.15, -0.1) is 0 Å². The number of urea groups is 1. The maximum Gasteiger partial charge on any atom is 0.325 e. The predicted molar refractivity (Wildman–Crippen MR) is 83.7 cm³/mol. The van der Waals surface area contributed by atoms with Gasteiger partial charge in [-0.05, 0) is 31.4 Å². The molecule has 2 aliphatic rings. The van der Waals surface area contributed by atoms with E-state index in [9.17, 15) is 14.4 Å². The number of nitrogens with one attached hydrogen (secondary N) is 2. The molecule has 3 rings (SSSR count). The highest BCUT2D eigenvalue weighted by molar-refractivity contribution is 6.07. The van der Waals surface area contributed by atoms with E-state index >= 15 is 0 Å². The number of aryl methyl sites for hydroxylation is 1. The van der Waals surface area contributed by atoms with Crippen molar-refractivity contribution in [1.29, 1.82) is 0 Å². The van der Waals surface area contributed by atoms with Crippen molar-refractivity contribution in [2.75, 3.05) is 11.9 Å². The van der Waals surface area contributed by atoms with Gasteiger partial charge in [0, 0.05) is 19.2 Å². The Labute approximate surface area is 134 Å². The van der Waals surface area contributed by atoms with E-state index in [0.29, 0.717) is 18.7 Å². The molecule has 122 valence electrons. The maximum absolute atomic E-state index is 12.5. The third-order valence-corrected chi connectivity index (χ3v) is 4.53. The van der Waals surface area contributed by atoms with Crippen molar-refractivity contribution in [3.63, 3.8) is 0 Å². The van der Waals surface area contributed by atoms with Crippen LogP contribution in [0.25, 0.3) is 0 Å². The normalized spacial score (nSPS) is 19.3. The van der Waals surface area contributed by atoms with E-state index in [1.807, 2.05) is 13.0 Å². The largest absolute Gasteiger partial charge is 0.325 e. The molecular formula is C16H20N4O3. The lowest BCUT2D eigenvalue weighted by Gasteiger charge is -2.19. The molecule has 23 heavy (non-hydrogen) atoms. The van der Waals surface area contributed by atoms with E-state index in [1.54, 1.807) is 12.3 Å². The van der Waals surface area contributed by atoms with Gasteiger partial charge in [-0.3, -0.25) is 14.5 Å². The highest BCUT2D eigenvalue weighted by Crippen LogP contribution is 2.35. The second kappa shape index (κ2) is 5.98. The first-order chi connectivity index (χ1) is 11.0. The third-order valence-electron chi connectivity index (χ3n) is 4.53. The number of hydrogen-bond acceptors (Lipinski definition) is 4. The molecule has 2 heterocycles. The Morgan fingerprint density at radius 2 is 2.13 bits per heavy atom. The average molecular weight is 316 g/mol. The van der Waals surface area contributed by atoms with Crippen LogP contribution in [0.3, 0.4) is 0 Å². The molecule has 7 nitrogen and oxygen atoms in total. The lowest BCUT2D eigenvalue weighted by atomic mass is 9.98. The highest BCUT2D eigenvalue weighted by atomic mass is 16.2. The summed E-state index contributed by atoms with van der Waals surface area (Å²) < 4.78 is 0. The van der Waals surface area contributed by atoms with Gasteiger partial charge in [-0.1, -0.05) is 18.9 Å². The average Bonchev–Trinajstić information content (AvgIpc) is 3.07. The van der Waals surface area contributed by atoms with Gasteiger partial charge in [0.1, 0.15) is 11.4 Å². The van der Waals surface area contributed by atoms with Crippen LogP contribution in [-0.4, -0.2) is 39.8 Å². The number of carbonyl (C=O) groups is 3. The van der Waals surface area contributed by atoms with Crippen LogP contribution >= 0.6 is 0 Å². The molecule has 2 fully saturated rings. The van der Waals surface area contributed by atoms with Crippen molar-refractivity contribution < 1.29 is 14.4 Å². The van der Waals surface area contributed by atoms with Crippen molar-refractivity contribution in [1.82, 2.24) is 15.2 Å². The summed E-state index contributed by atoms with van der Waals surface area (Å²) in [6.45, 7) is 1.94. The van der Waals surface area contributed by atoms with Gasteiger partial charge in [0.2, 0.25) is 5.91 Å². The second-order valence-electron chi connectivity index (χ2n) is 6.14. The quantitative estimate of drug-likeness (QED) is 0.825. The Hall–Kier alpha value is -2.44. The molecular weight excluding hydrogens is 296 g/mol. The van der Waals surface area contributed by atoms with Gasteiger partial charge >= 0.3 is 6.03 Å². The molecule has 1 aromatic rings. The number of pyridine rings is 1. The maximum atomic E-state index is 12.5. The van der Waals surface area contributed by atoms with Crippen LogP contribution in [0.4, 0.5) is 10.6 Å². The van der Waals surface area contributed by atoms with Crippen LogP contribution in [-0.2, 0) is 9.59 Å². The minimum absolute atomic E-state index is 0.0608. The highest BCUT2D eigenvalue weighted by Gasteiger charge is 2.52. The monoisotopic (exact) mass is 316 g/mol. The molecule has 0 unspecified atom stereocenters. The number of imide groups is 1. The van der Waals surface area contributed by atoms with Crippen molar-refractivity contribution in [2.45, 2.75) is 44.6 Å². The van der Waals surface area contributed by atoms with Crippen molar-refractivity contribution in [3.05, 3.63) is 23.9 Å². The number of amides is 4. The number of nitrogens with zero attached hydrogens (tertiary/aromatic N) is 2. The fourth-order valence-corrected chi connectivity index (χ4v) is 3.22. The Balaban J connectivity index is 1.58. The van der Waals surface area contributed by atoms with Crippen LogP contribution in [0.5, 0.6) is 0 Å². The van der Waals surface area contributed by atoms with E-state index in [-0.39, 0.29) is 24.8 Å². The molecule has 1 saturated carbocycles. The smallest absolute Gasteiger partial charge is 0.323 e. The number of hydrogen-bond donors (Lipinski definition) is 2. The molecule has 0 radical (unpaired) electrons. The molecule has 0 bridgehead atoms. The standard InChI is InChI=1S/C16H20N4O3/c1-11-5-4-9-17-13(11)18-12(21)6-10-20-14(22)16(19-15(20)23)7-2-3-8-16/h4-5,9H,2-3,6-8,10H2,1H3,(H,19,23)(H,17,18,21). The van der Waals surface area contributed by atoms with Gasteiger partial charge in [0.25, 0.3) is 5.91 Å². The van der Waals surface area contributed by atoms with E-state index in [2.05, 4.69) is 15.6 Å².